The number of amides is 1. The molecule has 0 atom stereocenters. The van der Waals surface area contributed by atoms with Crippen molar-refractivity contribution in [1.29, 1.82) is 0 Å². The molecule has 0 aromatic heterocycles. The number of phenolic OH excluding ortho intramolecular Hbond substituents is 1. The predicted molar refractivity (Wildman–Crippen MR) is 71.8 cm³/mol. The Hall–Kier alpha value is -2.34. The molecule has 0 saturated heterocycles. The topological polar surface area (TPSA) is 75.3 Å². The first kappa shape index (κ1) is 14.1. The third-order valence-electron chi connectivity index (χ3n) is 2.53. The second-order valence-electron chi connectivity index (χ2n) is 3.97. The molecule has 1 amide bonds. The molecule has 0 unspecified atom stereocenters. The van der Waals surface area contributed by atoms with E-state index >= 15 is 0 Å². The zero-order valence-electron chi connectivity index (χ0n) is 9.95. The van der Waals surface area contributed by atoms with Crippen molar-refractivity contribution in [2.45, 2.75) is 0 Å². The van der Waals surface area contributed by atoms with Gasteiger partial charge in [-0.25, -0.2) is 8.78 Å². The van der Waals surface area contributed by atoms with Crippen molar-refractivity contribution < 1.29 is 18.7 Å². The number of benzene rings is 2. The number of hydrogen-bond acceptors (Lipinski definition) is 3. The molecule has 0 heterocycles. The monoisotopic (exact) mass is 298 g/mol. The van der Waals surface area contributed by atoms with E-state index in [1.54, 1.807) is 0 Å². The van der Waals surface area contributed by atoms with Crippen LogP contribution in [0.15, 0.2) is 30.3 Å². The lowest BCUT2D eigenvalue weighted by molar-refractivity contribution is 0.102. The van der Waals surface area contributed by atoms with Gasteiger partial charge >= 0.3 is 0 Å². The van der Waals surface area contributed by atoms with Crippen LogP contribution in [-0.2, 0) is 0 Å². The Kier molecular flexibility index (Phi) is 3.76. The second kappa shape index (κ2) is 5.34. The van der Waals surface area contributed by atoms with Crippen LogP contribution in [-0.4, -0.2) is 11.0 Å². The van der Waals surface area contributed by atoms with Crippen LogP contribution in [0.4, 0.5) is 20.2 Å². The third kappa shape index (κ3) is 2.80. The van der Waals surface area contributed by atoms with Gasteiger partial charge in [0.25, 0.3) is 5.91 Å². The van der Waals surface area contributed by atoms with Crippen LogP contribution < -0.4 is 11.1 Å². The second-order valence-corrected chi connectivity index (χ2v) is 4.38. The number of nitrogens with two attached hydrogens (primary N) is 1. The van der Waals surface area contributed by atoms with Gasteiger partial charge in [0.05, 0.1) is 10.7 Å². The van der Waals surface area contributed by atoms with Gasteiger partial charge in [0, 0.05) is 11.6 Å². The number of phenols is 1. The van der Waals surface area contributed by atoms with Crippen molar-refractivity contribution in [1.82, 2.24) is 0 Å². The van der Waals surface area contributed by atoms with E-state index in [4.69, 9.17) is 17.3 Å². The highest BCUT2D eigenvalue weighted by Crippen LogP contribution is 2.26. The summed E-state index contributed by atoms with van der Waals surface area (Å²) in [5.41, 5.74) is 4.98. The van der Waals surface area contributed by atoms with Crippen molar-refractivity contribution in [3.05, 3.63) is 52.6 Å². The minimum Gasteiger partial charge on any atom is -0.506 e. The van der Waals surface area contributed by atoms with Gasteiger partial charge in [-0.15, -0.1) is 0 Å². The Morgan fingerprint density at radius 3 is 2.55 bits per heavy atom. The molecule has 0 fully saturated rings. The standard InChI is InChI=1S/C13H9ClF2N2O2/c14-8-3-6(1-2-11(8)19)13(20)18-12-9(16)4-7(15)5-10(12)17/h1-5,19H,17H2,(H,18,20). The molecule has 0 saturated carbocycles. The lowest BCUT2D eigenvalue weighted by Crippen LogP contribution is -2.14. The molecule has 0 aliphatic heterocycles. The van der Waals surface area contributed by atoms with Crippen LogP contribution >= 0.6 is 11.6 Å². The van der Waals surface area contributed by atoms with Gasteiger partial charge in [-0.2, -0.15) is 0 Å². The predicted octanol–water partition coefficient (Wildman–Crippen LogP) is 3.16. The first-order valence-corrected chi connectivity index (χ1v) is 5.80. The Morgan fingerprint density at radius 1 is 1.25 bits per heavy atom. The van der Waals surface area contributed by atoms with Crippen molar-refractivity contribution in [2.75, 3.05) is 11.1 Å². The van der Waals surface area contributed by atoms with Crippen molar-refractivity contribution >= 4 is 28.9 Å². The van der Waals surface area contributed by atoms with Crippen molar-refractivity contribution in [3.8, 4) is 5.75 Å². The number of halogens is 3. The number of hydrogen-bond donors (Lipinski definition) is 3. The molecule has 4 nitrogen and oxygen atoms in total. The lowest BCUT2D eigenvalue weighted by atomic mass is 10.2. The van der Waals surface area contributed by atoms with Gasteiger partial charge in [-0.05, 0) is 24.3 Å². The number of nitrogens with one attached hydrogen (secondary N) is 1. The van der Waals surface area contributed by atoms with Gasteiger partial charge in [0.1, 0.15) is 17.3 Å². The Morgan fingerprint density at radius 2 is 1.95 bits per heavy atom. The summed E-state index contributed by atoms with van der Waals surface area (Å²) in [5.74, 6) is -2.70. The van der Waals surface area contributed by atoms with Crippen LogP contribution in [0.1, 0.15) is 10.4 Å². The highest BCUT2D eigenvalue weighted by atomic mass is 35.5. The zero-order valence-corrected chi connectivity index (χ0v) is 10.7. The Labute approximate surface area is 117 Å². The fourth-order valence-electron chi connectivity index (χ4n) is 1.56. The van der Waals surface area contributed by atoms with Gasteiger partial charge in [0.15, 0.2) is 5.82 Å². The fourth-order valence-corrected chi connectivity index (χ4v) is 1.74. The van der Waals surface area contributed by atoms with Gasteiger partial charge < -0.3 is 16.2 Å². The van der Waals surface area contributed by atoms with E-state index in [0.717, 1.165) is 6.07 Å². The molecular weight excluding hydrogens is 290 g/mol. The Bertz CT molecular complexity index is 669. The summed E-state index contributed by atoms with van der Waals surface area (Å²) in [6.45, 7) is 0. The number of anilines is 2. The average molecular weight is 299 g/mol. The molecule has 0 spiro atoms. The molecule has 4 N–H and O–H groups in total. The molecule has 0 aliphatic carbocycles. The fraction of sp³-hybridized carbons (Fsp3) is 0. The van der Waals surface area contributed by atoms with Gasteiger partial charge in [-0.3, -0.25) is 4.79 Å². The van der Waals surface area contributed by atoms with E-state index in [1.807, 2.05) is 0 Å². The quantitative estimate of drug-likeness (QED) is 0.745. The highest BCUT2D eigenvalue weighted by molar-refractivity contribution is 6.32. The number of aromatic hydroxyl groups is 1. The summed E-state index contributed by atoms with van der Waals surface area (Å²) in [4.78, 5) is 11.9. The number of carbonyl (C=O) groups is 1. The lowest BCUT2D eigenvalue weighted by Gasteiger charge is -2.10. The number of rotatable bonds is 2. The summed E-state index contributed by atoms with van der Waals surface area (Å²) < 4.78 is 26.4. The van der Waals surface area contributed by atoms with Crippen LogP contribution in [0.5, 0.6) is 5.75 Å². The van der Waals surface area contributed by atoms with Gasteiger partial charge in [-0.1, -0.05) is 11.6 Å². The maximum absolute atomic E-state index is 13.5. The summed E-state index contributed by atoms with van der Waals surface area (Å²) in [7, 11) is 0. The average Bonchev–Trinajstić information content (AvgIpc) is 2.36. The van der Waals surface area contributed by atoms with Crippen LogP contribution in [0, 0.1) is 11.6 Å². The summed E-state index contributed by atoms with van der Waals surface area (Å²) >= 11 is 5.67. The molecule has 0 aliphatic rings. The smallest absolute Gasteiger partial charge is 0.255 e. The molecular formula is C13H9ClF2N2O2. The minimum absolute atomic E-state index is 0.0230. The zero-order chi connectivity index (χ0) is 14.9. The van der Waals surface area contributed by atoms with E-state index in [2.05, 4.69) is 5.32 Å². The summed E-state index contributed by atoms with van der Waals surface area (Å²) in [6.07, 6.45) is 0. The molecule has 104 valence electrons. The van der Waals surface area contributed by atoms with Crippen molar-refractivity contribution in [2.24, 2.45) is 0 Å². The number of nitrogen functional groups attached to an aromatic ring is 1. The van der Waals surface area contributed by atoms with Crippen molar-refractivity contribution in [3.63, 3.8) is 0 Å². The SMILES string of the molecule is Nc1cc(F)cc(F)c1NC(=O)c1ccc(O)c(Cl)c1. The van der Waals surface area contributed by atoms with Crippen LogP contribution in [0.2, 0.25) is 5.02 Å². The first-order chi connectivity index (χ1) is 9.38. The minimum atomic E-state index is -0.985. The summed E-state index contributed by atoms with van der Waals surface area (Å²) in [6, 6.07) is 5.23. The molecule has 2 aromatic rings. The molecule has 2 aromatic carbocycles. The maximum Gasteiger partial charge on any atom is 0.255 e. The Balaban J connectivity index is 2.30. The highest BCUT2D eigenvalue weighted by Gasteiger charge is 2.14. The van der Waals surface area contributed by atoms with Gasteiger partial charge in [0.2, 0.25) is 0 Å². The van der Waals surface area contributed by atoms with E-state index in [9.17, 15) is 18.7 Å². The largest absolute Gasteiger partial charge is 0.506 e. The third-order valence-corrected chi connectivity index (χ3v) is 2.84. The van der Waals surface area contributed by atoms with E-state index < -0.39 is 17.5 Å². The maximum atomic E-state index is 13.5. The number of carbonyl (C=O) groups excluding carboxylic acids is 1. The molecule has 2 rings (SSSR count). The van der Waals surface area contributed by atoms with E-state index in [-0.39, 0.29) is 27.7 Å². The molecule has 7 heteroatoms. The molecule has 20 heavy (non-hydrogen) atoms. The van der Waals surface area contributed by atoms with Crippen LogP contribution in [0.25, 0.3) is 0 Å². The summed E-state index contributed by atoms with van der Waals surface area (Å²) in [5, 5.41) is 11.4. The first-order valence-electron chi connectivity index (χ1n) is 5.43. The van der Waals surface area contributed by atoms with E-state index in [0.29, 0.717) is 6.07 Å². The molecule has 0 bridgehead atoms. The van der Waals surface area contributed by atoms with Crippen LogP contribution in [0.3, 0.4) is 0 Å². The van der Waals surface area contributed by atoms with E-state index in [1.165, 1.54) is 18.2 Å². The normalized spacial score (nSPS) is 10.3. The molecule has 0 radical (unpaired) electrons.